The standard InChI is InChI=1S/C11H20N4/c1-3-15-9-13-6-10(15)7-14-11(2)4-5-12-8-11/h6,9,12,14H,3-5,7-8H2,1-2H3. The lowest BCUT2D eigenvalue weighted by molar-refractivity contribution is 0.380. The van der Waals surface area contributed by atoms with E-state index >= 15 is 0 Å². The molecule has 1 fully saturated rings. The van der Waals surface area contributed by atoms with Crippen LogP contribution in [-0.4, -0.2) is 28.2 Å². The highest BCUT2D eigenvalue weighted by molar-refractivity contribution is 5.01. The maximum Gasteiger partial charge on any atom is 0.0948 e. The zero-order chi connectivity index (χ0) is 10.7. The van der Waals surface area contributed by atoms with E-state index in [1.807, 2.05) is 12.5 Å². The Morgan fingerprint density at radius 2 is 2.53 bits per heavy atom. The van der Waals surface area contributed by atoms with Crippen molar-refractivity contribution in [3.05, 3.63) is 18.2 Å². The van der Waals surface area contributed by atoms with Gasteiger partial charge in [-0.1, -0.05) is 0 Å². The number of aromatic nitrogens is 2. The molecule has 1 atom stereocenters. The van der Waals surface area contributed by atoms with Crippen molar-refractivity contribution in [2.75, 3.05) is 13.1 Å². The maximum absolute atomic E-state index is 4.17. The van der Waals surface area contributed by atoms with Crippen LogP contribution in [0.15, 0.2) is 12.5 Å². The minimum Gasteiger partial charge on any atom is -0.334 e. The van der Waals surface area contributed by atoms with E-state index < -0.39 is 0 Å². The van der Waals surface area contributed by atoms with Crippen molar-refractivity contribution < 1.29 is 0 Å². The molecule has 1 aromatic rings. The van der Waals surface area contributed by atoms with Gasteiger partial charge in [-0.3, -0.25) is 0 Å². The van der Waals surface area contributed by atoms with Crippen LogP contribution in [0.3, 0.4) is 0 Å². The molecular weight excluding hydrogens is 188 g/mol. The van der Waals surface area contributed by atoms with Gasteiger partial charge in [-0.25, -0.2) is 4.98 Å². The fourth-order valence-electron chi connectivity index (χ4n) is 2.05. The SMILES string of the molecule is CCn1cncc1CNC1(C)CCNC1. The van der Waals surface area contributed by atoms with Gasteiger partial charge in [-0.15, -0.1) is 0 Å². The van der Waals surface area contributed by atoms with E-state index in [9.17, 15) is 0 Å². The third-order valence-electron chi connectivity index (χ3n) is 3.20. The Morgan fingerprint density at radius 1 is 1.67 bits per heavy atom. The summed E-state index contributed by atoms with van der Waals surface area (Å²) in [4.78, 5) is 4.17. The molecule has 1 aliphatic rings. The van der Waals surface area contributed by atoms with Gasteiger partial charge in [-0.2, -0.15) is 0 Å². The molecule has 1 unspecified atom stereocenters. The summed E-state index contributed by atoms with van der Waals surface area (Å²) in [6, 6.07) is 0. The average molecular weight is 208 g/mol. The Hall–Kier alpha value is -0.870. The summed E-state index contributed by atoms with van der Waals surface area (Å²) < 4.78 is 2.18. The lowest BCUT2D eigenvalue weighted by atomic mass is 10.0. The van der Waals surface area contributed by atoms with E-state index in [2.05, 4.69) is 34.0 Å². The molecule has 1 aliphatic heterocycles. The number of rotatable bonds is 4. The molecule has 0 spiro atoms. The summed E-state index contributed by atoms with van der Waals surface area (Å²) in [7, 11) is 0. The smallest absolute Gasteiger partial charge is 0.0948 e. The highest BCUT2D eigenvalue weighted by Crippen LogP contribution is 2.14. The Balaban J connectivity index is 1.92. The Bertz CT molecular complexity index is 312. The Morgan fingerprint density at radius 3 is 3.20 bits per heavy atom. The van der Waals surface area contributed by atoms with Gasteiger partial charge in [0.05, 0.1) is 12.0 Å². The van der Waals surface area contributed by atoms with E-state index in [4.69, 9.17) is 0 Å². The molecule has 2 N–H and O–H groups in total. The van der Waals surface area contributed by atoms with Crippen LogP contribution >= 0.6 is 0 Å². The largest absolute Gasteiger partial charge is 0.334 e. The van der Waals surface area contributed by atoms with E-state index in [0.717, 1.165) is 26.2 Å². The molecule has 0 saturated carbocycles. The number of hydrogen-bond acceptors (Lipinski definition) is 3. The van der Waals surface area contributed by atoms with Crippen LogP contribution in [0.1, 0.15) is 26.0 Å². The molecule has 0 aromatic carbocycles. The highest BCUT2D eigenvalue weighted by Gasteiger charge is 2.27. The number of hydrogen-bond donors (Lipinski definition) is 2. The van der Waals surface area contributed by atoms with Gasteiger partial charge in [0.2, 0.25) is 0 Å². The Kier molecular flexibility index (Phi) is 3.07. The summed E-state index contributed by atoms with van der Waals surface area (Å²) in [5.74, 6) is 0. The third-order valence-corrected chi connectivity index (χ3v) is 3.20. The molecule has 0 bridgehead atoms. The van der Waals surface area contributed by atoms with Crippen LogP contribution < -0.4 is 10.6 Å². The molecule has 2 rings (SSSR count). The lowest BCUT2D eigenvalue weighted by Gasteiger charge is -2.24. The van der Waals surface area contributed by atoms with Crippen molar-refractivity contribution in [2.45, 2.75) is 38.9 Å². The highest BCUT2D eigenvalue weighted by atomic mass is 15.1. The summed E-state index contributed by atoms with van der Waals surface area (Å²) in [6.07, 6.45) is 5.04. The summed E-state index contributed by atoms with van der Waals surface area (Å²) in [5, 5.41) is 7.00. The van der Waals surface area contributed by atoms with Gasteiger partial charge in [0, 0.05) is 31.4 Å². The zero-order valence-electron chi connectivity index (χ0n) is 9.58. The normalized spacial score (nSPS) is 26.0. The molecule has 0 amide bonds. The quantitative estimate of drug-likeness (QED) is 0.767. The van der Waals surface area contributed by atoms with Crippen LogP contribution in [0.2, 0.25) is 0 Å². The summed E-state index contributed by atoms with van der Waals surface area (Å²) >= 11 is 0. The molecule has 0 radical (unpaired) electrons. The number of imidazole rings is 1. The van der Waals surface area contributed by atoms with Crippen molar-refractivity contribution in [1.29, 1.82) is 0 Å². The summed E-state index contributed by atoms with van der Waals surface area (Å²) in [5.41, 5.74) is 1.52. The van der Waals surface area contributed by atoms with Gasteiger partial charge < -0.3 is 15.2 Å². The van der Waals surface area contributed by atoms with E-state index in [0.29, 0.717) is 0 Å². The number of nitrogens with zero attached hydrogens (tertiary/aromatic N) is 2. The van der Waals surface area contributed by atoms with Gasteiger partial charge >= 0.3 is 0 Å². The van der Waals surface area contributed by atoms with E-state index in [-0.39, 0.29) is 5.54 Å². The van der Waals surface area contributed by atoms with E-state index in [1.54, 1.807) is 0 Å². The predicted octanol–water partition coefficient (Wildman–Crippen LogP) is 0.745. The molecule has 1 aromatic heterocycles. The van der Waals surface area contributed by atoms with Crippen molar-refractivity contribution in [2.24, 2.45) is 0 Å². The zero-order valence-corrected chi connectivity index (χ0v) is 9.58. The van der Waals surface area contributed by atoms with Gasteiger partial charge in [-0.05, 0) is 26.8 Å². The van der Waals surface area contributed by atoms with Gasteiger partial charge in [0.25, 0.3) is 0 Å². The molecule has 4 nitrogen and oxygen atoms in total. The van der Waals surface area contributed by atoms with Crippen LogP contribution in [-0.2, 0) is 13.1 Å². The van der Waals surface area contributed by atoms with Crippen molar-refractivity contribution in [3.8, 4) is 0 Å². The minimum absolute atomic E-state index is 0.253. The second-order valence-electron chi connectivity index (χ2n) is 4.51. The first-order valence-corrected chi connectivity index (χ1v) is 5.68. The first-order chi connectivity index (χ1) is 7.23. The molecule has 15 heavy (non-hydrogen) atoms. The van der Waals surface area contributed by atoms with Crippen LogP contribution in [0, 0.1) is 0 Å². The predicted molar refractivity (Wildman–Crippen MR) is 60.6 cm³/mol. The fourth-order valence-corrected chi connectivity index (χ4v) is 2.05. The molecular formula is C11H20N4. The van der Waals surface area contributed by atoms with Crippen LogP contribution in [0.4, 0.5) is 0 Å². The monoisotopic (exact) mass is 208 g/mol. The average Bonchev–Trinajstić information content (AvgIpc) is 2.84. The number of nitrogens with one attached hydrogen (secondary N) is 2. The molecule has 84 valence electrons. The topological polar surface area (TPSA) is 41.9 Å². The van der Waals surface area contributed by atoms with Crippen LogP contribution in [0.5, 0.6) is 0 Å². The Labute approximate surface area is 91.1 Å². The first-order valence-electron chi connectivity index (χ1n) is 5.68. The molecule has 0 aliphatic carbocycles. The second kappa shape index (κ2) is 4.33. The molecule has 2 heterocycles. The second-order valence-corrected chi connectivity index (χ2v) is 4.51. The van der Waals surface area contributed by atoms with Gasteiger partial charge in [0.15, 0.2) is 0 Å². The van der Waals surface area contributed by atoms with Crippen molar-refractivity contribution in [1.82, 2.24) is 20.2 Å². The minimum atomic E-state index is 0.253. The summed E-state index contributed by atoms with van der Waals surface area (Å²) in [6.45, 7) is 8.51. The molecule has 1 saturated heterocycles. The van der Waals surface area contributed by atoms with Crippen molar-refractivity contribution in [3.63, 3.8) is 0 Å². The fraction of sp³-hybridized carbons (Fsp3) is 0.727. The van der Waals surface area contributed by atoms with Crippen molar-refractivity contribution >= 4 is 0 Å². The number of aryl methyl sites for hydroxylation is 1. The van der Waals surface area contributed by atoms with Gasteiger partial charge in [0.1, 0.15) is 0 Å². The van der Waals surface area contributed by atoms with E-state index in [1.165, 1.54) is 12.1 Å². The first kappa shape index (κ1) is 10.6. The third kappa shape index (κ3) is 2.38. The van der Waals surface area contributed by atoms with Crippen LogP contribution in [0.25, 0.3) is 0 Å². The lowest BCUT2D eigenvalue weighted by Crippen LogP contribution is -2.43. The molecule has 4 heteroatoms. The maximum atomic E-state index is 4.17.